The summed E-state index contributed by atoms with van der Waals surface area (Å²) in [6, 6.07) is 12.3. The molecule has 0 saturated carbocycles. The number of sulfonamides is 1. The van der Waals surface area contributed by atoms with Crippen molar-refractivity contribution in [3.05, 3.63) is 89.5 Å². The highest BCUT2D eigenvalue weighted by atomic mass is 32.2. The molecular weight excluding hydrogens is 425 g/mol. The standard InChI is InChI=1S/C26H28FNO3S/c1-5-8-20(3)18-31-21(4)22-13-16-26(24-9-6-7-10-25(24)27)28(17-22)32(29,30)23-14-11-19(2)12-15-23/h6-7,9-15,20,26H,4,16-18H2,1-3H3. The van der Waals surface area contributed by atoms with Gasteiger partial charge in [0.1, 0.15) is 18.2 Å². The van der Waals surface area contributed by atoms with Crippen molar-refractivity contribution in [1.82, 2.24) is 4.31 Å². The van der Waals surface area contributed by atoms with Crippen LogP contribution in [0.25, 0.3) is 0 Å². The average molecular weight is 454 g/mol. The maximum Gasteiger partial charge on any atom is 0.243 e. The molecule has 2 unspecified atom stereocenters. The Labute approximate surface area is 190 Å². The molecule has 2 aromatic rings. The Morgan fingerprint density at radius 2 is 1.94 bits per heavy atom. The Balaban J connectivity index is 1.95. The van der Waals surface area contributed by atoms with Crippen LogP contribution in [-0.2, 0) is 14.8 Å². The van der Waals surface area contributed by atoms with Crippen LogP contribution in [0.1, 0.15) is 37.4 Å². The maximum atomic E-state index is 14.6. The van der Waals surface area contributed by atoms with Crippen molar-refractivity contribution in [2.24, 2.45) is 5.92 Å². The Bertz CT molecular complexity index is 1170. The lowest BCUT2D eigenvalue weighted by molar-refractivity contribution is 0.193. The summed E-state index contributed by atoms with van der Waals surface area (Å²) < 4.78 is 49.0. The second-order valence-electron chi connectivity index (χ2n) is 7.90. The van der Waals surface area contributed by atoms with Crippen molar-refractivity contribution in [3.63, 3.8) is 0 Å². The van der Waals surface area contributed by atoms with Crippen LogP contribution < -0.4 is 0 Å². The minimum atomic E-state index is -3.89. The predicted octanol–water partition coefficient (Wildman–Crippen LogP) is 5.39. The van der Waals surface area contributed by atoms with Gasteiger partial charge in [0, 0.05) is 17.7 Å². The van der Waals surface area contributed by atoms with E-state index in [9.17, 15) is 12.8 Å². The van der Waals surface area contributed by atoms with Gasteiger partial charge in [0.15, 0.2) is 0 Å². The molecule has 0 N–H and O–H groups in total. The third-order valence-corrected chi connectivity index (χ3v) is 7.28. The number of hydrogen-bond donors (Lipinski definition) is 0. The summed E-state index contributed by atoms with van der Waals surface area (Å²) in [6.07, 6.45) is 2.20. The molecule has 0 aromatic heterocycles. The fourth-order valence-electron chi connectivity index (χ4n) is 3.65. The van der Waals surface area contributed by atoms with E-state index in [2.05, 4.69) is 18.4 Å². The molecule has 32 heavy (non-hydrogen) atoms. The zero-order valence-corrected chi connectivity index (χ0v) is 19.5. The van der Waals surface area contributed by atoms with Gasteiger partial charge in [-0.15, -0.1) is 5.92 Å². The van der Waals surface area contributed by atoms with Crippen molar-refractivity contribution >= 4 is 10.0 Å². The highest BCUT2D eigenvalue weighted by molar-refractivity contribution is 7.89. The molecule has 0 fully saturated rings. The summed E-state index contributed by atoms with van der Waals surface area (Å²) >= 11 is 0. The molecule has 1 aliphatic rings. The van der Waals surface area contributed by atoms with Gasteiger partial charge in [-0.05, 0) is 45.4 Å². The van der Waals surface area contributed by atoms with Crippen LogP contribution in [0.5, 0.6) is 0 Å². The SMILES string of the molecule is C=C(OCC(C)C#CC)C1=CCC(c2ccccc2F)N(S(=O)(=O)c2ccc(C)cc2)C1. The van der Waals surface area contributed by atoms with Crippen LogP contribution in [-0.4, -0.2) is 25.9 Å². The molecule has 0 amide bonds. The third-order valence-electron chi connectivity index (χ3n) is 5.41. The Morgan fingerprint density at radius 3 is 2.59 bits per heavy atom. The molecule has 0 bridgehead atoms. The third kappa shape index (κ3) is 5.29. The molecule has 0 spiro atoms. The lowest BCUT2D eigenvalue weighted by atomic mass is 9.97. The van der Waals surface area contributed by atoms with Crippen LogP contribution in [0.15, 0.2) is 77.4 Å². The zero-order chi connectivity index (χ0) is 23.3. The molecule has 2 atom stereocenters. The monoisotopic (exact) mass is 453 g/mol. The van der Waals surface area contributed by atoms with Crippen molar-refractivity contribution in [3.8, 4) is 11.8 Å². The number of nitrogens with zero attached hydrogens (tertiary/aromatic N) is 1. The lowest BCUT2D eigenvalue weighted by Gasteiger charge is -2.35. The summed E-state index contributed by atoms with van der Waals surface area (Å²) in [5, 5.41) is 0. The van der Waals surface area contributed by atoms with Gasteiger partial charge in [-0.25, -0.2) is 12.8 Å². The Hall–Kier alpha value is -2.88. The molecule has 2 aromatic carbocycles. The summed E-state index contributed by atoms with van der Waals surface area (Å²) in [7, 11) is -3.89. The van der Waals surface area contributed by atoms with E-state index < -0.39 is 21.9 Å². The second-order valence-corrected chi connectivity index (χ2v) is 9.79. The van der Waals surface area contributed by atoms with Crippen LogP contribution in [0.3, 0.4) is 0 Å². The minimum absolute atomic E-state index is 0.0273. The summed E-state index contributed by atoms with van der Waals surface area (Å²) in [4.78, 5) is 0.170. The fraction of sp³-hybridized carbons (Fsp3) is 0.308. The van der Waals surface area contributed by atoms with Gasteiger partial charge in [0.05, 0.1) is 16.9 Å². The van der Waals surface area contributed by atoms with Crippen LogP contribution >= 0.6 is 0 Å². The number of ether oxygens (including phenoxy) is 1. The predicted molar refractivity (Wildman–Crippen MR) is 125 cm³/mol. The zero-order valence-electron chi connectivity index (χ0n) is 18.6. The highest BCUT2D eigenvalue weighted by Crippen LogP contribution is 2.37. The number of benzene rings is 2. The number of rotatable bonds is 7. The van der Waals surface area contributed by atoms with Gasteiger partial charge >= 0.3 is 0 Å². The van der Waals surface area contributed by atoms with Gasteiger partial charge in [0.2, 0.25) is 10.0 Å². The Kier molecular flexibility index (Phi) is 7.55. The number of hydrogen-bond acceptors (Lipinski definition) is 3. The summed E-state index contributed by atoms with van der Waals surface area (Å²) in [5.74, 6) is 5.87. The van der Waals surface area contributed by atoms with E-state index >= 15 is 0 Å². The van der Waals surface area contributed by atoms with Crippen LogP contribution in [0, 0.1) is 30.5 Å². The van der Waals surface area contributed by atoms with Gasteiger partial charge in [-0.2, -0.15) is 4.31 Å². The van der Waals surface area contributed by atoms with E-state index in [4.69, 9.17) is 4.74 Å². The fourth-order valence-corrected chi connectivity index (χ4v) is 5.24. The van der Waals surface area contributed by atoms with Gasteiger partial charge in [-0.1, -0.05) is 54.5 Å². The molecule has 1 aliphatic heterocycles. The average Bonchev–Trinajstić information content (AvgIpc) is 2.78. The van der Waals surface area contributed by atoms with Crippen molar-refractivity contribution in [1.29, 1.82) is 0 Å². The molecule has 0 aliphatic carbocycles. The summed E-state index contributed by atoms with van der Waals surface area (Å²) in [6.45, 7) is 10.0. The largest absolute Gasteiger partial charge is 0.493 e. The molecule has 0 radical (unpaired) electrons. The smallest absolute Gasteiger partial charge is 0.243 e. The highest BCUT2D eigenvalue weighted by Gasteiger charge is 2.36. The first-order valence-electron chi connectivity index (χ1n) is 10.5. The Morgan fingerprint density at radius 1 is 1.25 bits per heavy atom. The van der Waals surface area contributed by atoms with Crippen LogP contribution in [0.4, 0.5) is 4.39 Å². The topological polar surface area (TPSA) is 46.6 Å². The first-order chi connectivity index (χ1) is 15.2. The number of halogens is 1. The molecular formula is C26H28FNO3S. The second kappa shape index (κ2) is 10.2. The normalized spacial score (nSPS) is 17.6. The van der Waals surface area contributed by atoms with E-state index in [1.54, 1.807) is 49.4 Å². The molecule has 0 saturated heterocycles. The first-order valence-corrected chi connectivity index (χ1v) is 11.9. The first kappa shape index (κ1) is 23.8. The van der Waals surface area contributed by atoms with E-state index in [0.717, 1.165) is 5.56 Å². The maximum absolute atomic E-state index is 14.6. The van der Waals surface area contributed by atoms with Gasteiger partial charge in [-0.3, -0.25) is 0 Å². The molecule has 168 valence electrons. The van der Waals surface area contributed by atoms with E-state index in [-0.39, 0.29) is 17.4 Å². The quantitative estimate of drug-likeness (QED) is 0.417. The molecule has 6 heteroatoms. The van der Waals surface area contributed by atoms with Crippen molar-refractivity contribution < 1.29 is 17.5 Å². The van der Waals surface area contributed by atoms with Crippen LogP contribution in [0.2, 0.25) is 0 Å². The minimum Gasteiger partial charge on any atom is -0.493 e. The van der Waals surface area contributed by atoms with E-state index in [1.165, 1.54) is 10.4 Å². The number of aryl methyl sites for hydroxylation is 1. The van der Waals surface area contributed by atoms with Gasteiger partial charge in [0.25, 0.3) is 0 Å². The molecule has 1 heterocycles. The van der Waals surface area contributed by atoms with E-state index in [1.807, 2.05) is 19.9 Å². The van der Waals surface area contributed by atoms with Crippen molar-refractivity contribution in [2.45, 2.75) is 38.1 Å². The van der Waals surface area contributed by atoms with E-state index in [0.29, 0.717) is 29.9 Å². The van der Waals surface area contributed by atoms with Crippen molar-refractivity contribution in [2.75, 3.05) is 13.2 Å². The molecule has 3 rings (SSSR count). The van der Waals surface area contributed by atoms with Gasteiger partial charge < -0.3 is 4.74 Å². The summed E-state index contributed by atoms with van der Waals surface area (Å²) in [5.41, 5.74) is 1.97. The molecule has 4 nitrogen and oxygen atoms in total. The lowest BCUT2D eigenvalue weighted by Crippen LogP contribution is -2.39.